The zero-order valence-electron chi connectivity index (χ0n) is 26.8. The first-order valence-corrected chi connectivity index (χ1v) is 18.0. The largest absolute Gasteiger partial charge is 0.455 e. The van der Waals surface area contributed by atoms with Gasteiger partial charge in [-0.15, -0.1) is 11.3 Å². The van der Waals surface area contributed by atoms with Gasteiger partial charge in [0.25, 0.3) is 0 Å². The van der Waals surface area contributed by atoms with Gasteiger partial charge in [0, 0.05) is 47.3 Å². The van der Waals surface area contributed by atoms with Gasteiger partial charge in [-0.25, -0.2) is 0 Å². The summed E-state index contributed by atoms with van der Waals surface area (Å²) in [6.07, 6.45) is 0. The highest BCUT2D eigenvalue weighted by Crippen LogP contribution is 2.49. The third-order valence-corrected chi connectivity index (χ3v) is 12.2. The van der Waals surface area contributed by atoms with Crippen molar-refractivity contribution in [3.05, 3.63) is 158 Å². The Hall–Kier alpha value is -6.22. The van der Waals surface area contributed by atoms with Crippen molar-refractivity contribution in [1.29, 1.82) is 0 Å². The fraction of sp³-hybridized carbons (Fsp3) is 0. The van der Waals surface area contributed by atoms with Crippen LogP contribution in [-0.4, -0.2) is 0 Å². The molecule has 0 saturated carbocycles. The highest BCUT2D eigenvalue weighted by atomic mass is 32.1. The molecule has 0 bridgehead atoms. The summed E-state index contributed by atoms with van der Waals surface area (Å²) >= 11 is 1.90. The van der Waals surface area contributed by atoms with E-state index in [0.717, 1.165) is 16.6 Å². The topological polar surface area (TPSA) is 13.1 Å². The first-order chi connectivity index (χ1) is 24.8. The molecule has 0 aliphatic heterocycles. The van der Waals surface area contributed by atoms with Crippen LogP contribution < -0.4 is 0 Å². The third-order valence-electron chi connectivity index (χ3n) is 11.0. The summed E-state index contributed by atoms with van der Waals surface area (Å²) in [7, 11) is 0. The molecule has 10 aromatic carbocycles. The number of hydrogen-bond donors (Lipinski definition) is 0. The third kappa shape index (κ3) is 3.41. The van der Waals surface area contributed by atoms with Gasteiger partial charge in [-0.3, -0.25) is 0 Å². The van der Waals surface area contributed by atoms with Gasteiger partial charge in [-0.2, -0.15) is 0 Å². The highest BCUT2D eigenvalue weighted by molar-refractivity contribution is 7.26. The van der Waals surface area contributed by atoms with E-state index in [-0.39, 0.29) is 0 Å². The summed E-state index contributed by atoms with van der Waals surface area (Å²) in [6, 6.07) is 58.1. The number of furan rings is 1. The number of fused-ring (bicyclic) bond motifs is 10. The molecule has 0 amide bonds. The van der Waals surface area contributed by atoms with E-state index in [4.69, 9.17) is 4.42 Å². The second-order valence-electron chi connectivity index (χ2n) is 13.5. The van der Waals surface area contributed by atoms with E-state index >= 15 is 0 Å². The first-order valence-electron chi connectivity index (χ1n) is 17.2. The average molecular weight is 651 g/mol. The van der Waals surface area contributed by atoms with E-state index in [9.17, 15) is 0 Å². The Morgan fingerprint density at radius 2 is 0.960 bits per heavy atom. The Bertz CT molecular complexity index is 3320. The van der Waals surface area contributed by atoms with Gasteiger partial charge in [0.1, 0.15) is 11.2 Å². The fourth-order valence-electron chi connectivity index (χ4n) is 8.94. The monoisotopic (exact) mass is 650 g/mol. The normalized spacial score (nSPS) is 12.4. The molecule has 0 aliphatic carbocycles. The summed E-state index contributed by atoms with van der Waals surface area (Å²) in [4.78, 5) is 0. The van der Waals surface area contributed by atoms with Crippen LogP contribution in [0, 0.1) is 0 Å². The summed E-state index contributed by atoms with van der Waals surface area (Å²) in [5.74, 6) is 0. The average Bonchev–Trinajstić information content (AvgIpc) is 3.75. The first kappa shape index (κ1) is 26.7. The van der Waals surface area contributed by atoms with Crippen LogP contribution in [-0.2, 0) is 0 Å². The molecule has 1 nitrogen and oxygen atoms in total. The van der Waals surface area contributed by atoms with Crippen LogP contribution in [0.4, 0.5) is 0 Å². The molecule has 0 atom stereocenters. The van der Waals surface area contributed by atoms with Gasteiger partial charge in [0.05, 0.1) is 0 Å². The summed E-state index contributed by atoms with van der Waals surface area (Å²) < 4.78 is 9.44. The highest BCUT2D eigenvalue weighted by Gasteiger charge is 2.22. The molecule has 0 aliphatic rings. The molecule has 50 heavy (non-hydrogen) atoms. The maximum Gasteiger partial charge on any atom is 0.143 e. The van der Waals surface area contributed by atoms with Crippen molar-refractivity contribution in [2.75, 3.05) is 0 Å². The van der Waals surface area contributed by atoms with Crippen molar-refractivity contribution < 1.29 is 4.42 Å². The lowest BCUT2D eigenvalue weighted by Crippen LogP contribution is -1.91. The van der Waals surface area contributed by atoms with Crippen LogP contribution in [0.3, 0.4) is 0 Å². The molecule has 230 valence electrons. The predicted molar refractivity (Wildman–Crippen MR) is 216 cm³/mol. The second kappa shape index (κ2) is 9.69. The Balaban J connectivity index is 1.20. The van der Waals surface area contributed by atoms with Crippen molar-refractivity contribution in [3.63, 3.8) is 0 Å². The summed E-state index contributed by atoms with van der Waals surface area (Å²) in [6.45, 7) is 0. The van der Waals surface area contributed by atoms with E-state index in [1.165, 1.54) is 102 Å². The van der Waals surface area contributed by atoms with Gasteiger partial charge in [0.2, 0.25) is 0 Å². The van der Waals surface area contributed by atoms with Gasteiger partial charge in [0.15, 0.2) is 0 Å². The number of rotatable bonds is 2. The summed E-state index contributed by atoms with van der Waals surface area (Å²) in [5.41, 5.74) is 6.94. The zero-order valence-corrected chi connectivity index (χ0v) is 27.6. The molecule has 2 aromatic heterocycles. The molecule has 12 aromatic rings. The Morgan fingerprint density at radius 3 is 1.70 bits per heavy atom. The minimum absolute atomic E-state index is 0.919. The van der Waals surface area contributed by atoms with Gasteiger partial charge >= 0.3 is 0 Å². The smallest absolute Gasteiger partial charge is 0.143 e. The number of hydrogen-bond acceptors (Lipinski definition) is 2. The Kier molecular flexibility index (Phi) is 5.18. The van der Waals surface area contributed by atoms with Gasteiger partial charge in [-0.05, 0) is 78.0 Å². The van der Waals surface area contributed by atoms with Gasteiger partial charge in [-0.1, -0.05) is 140 Å². The number of thiophene rings is 1. The van der Waals surface area contributed by atoms with Crippen molar-refractivity contribution in [1.82, 2.24) is 0 Å². The van der Waals surface area contributed by atoms with Crippen LogP contribution in [0.1, 0.15) is 0 Å². The minimum atomic E-state index is 0.919. The van der Waals surface area contributed by atoms with Crippen LogP contribution in [0.25, 0.3) is 118 Å². The lowest BCUT2D eigenvalue weighted by atomic mass is 9.85. The molecule has 0 fully saturated rings. The molecule has 0 unspecified atom stereocenters. The van der Waals surface area contributed by atoms with Crippen molar-refractivity contribution in [2.24, 2.45) is 0 Å². The van der Waals surface area contributed by atoms with Crippen LogP contribution >= 0.6 is 11.3 Å². The molecule has 12 rings (SSSR count). The van der Waals surface area contributed by atoms with Crippen molar-refractivity contribution >= 4 is 107 Å². The Morgan fingerprint density at radius 1 is 0.380 bits per heavy atom. The lowest BCUT2D eigenvalue weighted by molar-refractivity contribution is 0.673. The fourth-order valence-corrected chi connectivity index (χ4v) is 10.2. The number of benzene rings is 10. The van der Waals surface area contributed by atoms with Crippen LogP contribution in [0.5, 0.6) is 0 Å². The molecule has 0 saturated heterocycles. The summed E-state index contributed by atoms with van der Waals surface area (Å²) in [5, 5.41) is 17.6. The SMILES string of the molecule is c1ccc2c(c1)sc1c(-c3c4ccccc4c(-c4ccc5oc6c7cccc8ccc9cccc(c6c5c4)c9c87)c4ccccc34)cccc12. The minimum Gasteiger partial charge on any atom is -0.455 e. The van der Waals surface area contributed by atoms with Crippen LogP contribution in [0.15, 0.2) is 162 Å². The Labute approximate surface area is 290 Å². The van der Waals surface area contributed by atoms with E-state index in [1.807, 2.05) is 11.3 Å². The maximum absolute atomic E-state index is 6.78. The maximum atomic E-state index is 6.78. The molecule has 2 heterocycles. The lowest BCUT2D eigenvalue weighted by Gasteiger charge is -2.18. The van der Waals surface area contributed by atoms with E-state index < -0.39 is 0 Å². The van der Waals surface area contributed by atoms with Crippen molar-refractivity contribution in [3.8, 4) is 22.3 Å². The molecular formula is C48H26OS. The predicted octanol–water partition coefficient (Wildman–Crippen LogP) is 14.5. The molecule has 0 N–H and O–H groups in total. The second-order valence-corrected chi connectivity index (χ2v) is 14.6. The molecule has 0 radical (unpaired) electrons. The molecule has 2 heteroatoms. The van der Waals surface area contributed by atoms with Gasteiger partial charge < -0.3 is 4.42 Å². The quantitative estimate of drug-likeness (QED) is 0.134. The zero-order chi connectivity index (χ0) is 32.5. The molecule has 0 spiro atoms. The van der Waals surface area contributed by atoms with E-state index in [0.29, 0.717) is 0 Å². The van der Waals surface area contributed by atoms with E-state index in [1.54, 1.807) is 0 Å². The van der Waals surface area contributed by atoms with E-state index in [2.05, 4.69) is 158 Å². The van der Waals surface area contributed by atoms with Crippen molar-refractivity contribution in [2.45, 2.75) is 0 Å². The standard InChI is InChI=1S/C48H26OS/c1-3-15-33-31(13-1)42(32-14-2-4-16-34(32)45(33)38-20-9-17-35-30-12-5-6-21-41(30)50-48(35)38)29-24-25-40-39(26-29)46-36-18-7-10-27-22-23-28-11-8-19-37(47(46)49-40)44(28)43(27)36/h1-26H. The molecular weight excluding hydrogens is 625 g/mol. The van der Waals surface area contributed by atoms with Crippen LogP contribution in [0.2, 0.25) is 0 Å².